The molecule has 0 fully saturated rings. The Morgan fingerprint density at radius 3 is 2.73 bits per heavy atom. The summed E-state index contributed by atoms with van der Waals surface area (Å²) in [4.78, 5) is 32.6. The van der Waals surface area contributed by atoms with Gasteiger partial charge in [-0.05, 0) is 63.3 Å². The second-order valence-electron chi connectivity index (χ2n) is 9.24. The number of fused-ring (bicyclic) bond motifs is 1. The van der Waals surface area contributed by atoms with E-state index in [0.29, 0.717) is 34.4 Å². The van der Waals surface area contributed by atoms with Crippen molar-refractivity contribution in [1.82, 2.24) is 19.4 Å². The maximum Gasteiger partial charge on any atom is 0.474 e. The fourth-order valence-corrected chi connectivity index (χ4v) is 5.01. The number of rotatable bonds is 11. The van der Waals surface area contributed by atoms with Gasteiger partial charge in [0.2, 0.25) is 11.9 Å². The third-order valence-electron chi connectivity index (χ3n) is 5.88. The van der Waals surface area contributed by atoms with Gasteiger partial charge in [-0.15, -0.1) is 0 Å². The molecule has 4 aromatic rings. The molecular weight excluding hydrogens is 536 g/mol. The Morgan fingerprint density at radius 1 is 1.20 bits per heavy atom. The molecule has 0 saturated carbocycles. The average Bonchev–Trinajstić information content (AvgIpc) is 3.27. The van der Waals surface area contributed by atoms with Gasteiger partial charge in [-0.2, -0.15) is 4.39 Å². The first-order valence-corrected chi connectivity index (χ1v) is 14.1. The van der Waals surface area contributed by atoms with Crippen LogP contribution in [0.15, 0.2) is 73.2 Å². The zero-order valence-corrected chi connectivity index (χ0v) is 23.5. The first-order valence-electron chi connectivity index (χ1n) is 12.6. The Hall–Kier alpha value is -3.73. The third kappa shape index (κ3) is 7.26. The molecule has 2 unspecified atom stereocenters. The molecule has 0 saturated heterocycles. The van der Waals surface area contributed by atoms with Gasteiger partial charge in [0.1, 0.15) is 11.9 Å². The molecule has 0 radical (unpaired) electrons. The van der Waals surface area contributed by atoms with Crippen molar-refractivity contribution < 1.29 is 27.7 Å². The number of benzene rings is 1. The van der Waals surface area contributed by atoms with Crippen molar-refractivity contribution in [2.75, 3.05) is 32.6 Å². The Labute approximate surface area is 231 Å². The van der Waals surface area contributed by atoms with Crippen molar-refractivity contribution in [2.24, 2.45) is 0 Å². The second-order valence-corrected chi connectivity index (χ2v) is 10.6. The molecule has 4 rings (SSSR count). The number of likely N-dealkylation sites (N-methyl/N-ethyl adjacent to an activating group) is 1. The molecule has 210 valence electrons. The van der Waals surface area contributed by atoms with Crippen LogP contribution in [0.25, 0.3) is 33.3 Å². The maximum atomic E-state index is 14.0. The summed E-state index contributed by atoms with van der Waals surface area (Å²) in [5, 5.41) is 3.52. The molecule has 0 aliphatic heterocycles. The number of hydrogen-bond donors (Lipinski definition) is 2. The van der Waals surface area contributed by atoms with Crippen molar-refractivity contribution in [3.8, 4) is 22.3 Å². The van der Waals surface area contributed by atoms with E-state index in [1.165, 1.54) is 18.3 Å². The van der Waals surface area contributed by atoms with Gasteiger partial charge in [0.05, 0.1) is 6.61 Å². The van der Waals surface area contributed by atoms with Crippen LogP contribution in [0, 0.1) is 5.95 Å². The number of nitrogens with zero attached hydrogens (tertiary/aromatic N) is 4. The van der Waals surface area contributed by atoms with Crippen molar-refractivity contribution in [3.05, 3.63) is 79.2 Å². The van der Waals surface area contributed by atoms with Crippen molar-refractivity contribution >= 4 is 30.5 Å². The van der Waals surface area contributed by atoms with Crippen molar-refractivity contribution in [3.63, 3.8) is 0 Å². The SMILES string of the molecule is CCOP(=O)(O)OC(C)n1cc(-c2ccnc(F)c2)c2cc(-c3cccc(NC(=O)/C=C/CN(C)C)c3)cnc21. The predicted molar refractivity (Wildman–Crippen MR) is 152 cm³/mol. The lowest BCUT2D eigenvalue weighted by Gasteiger charge is -2.18. The Morgan fingerprint density at radius 2 is 2.00 bits per heavy atom. The lowest BCUT2D eigenvalue weighted by atomic mass is 10.0. The molecule has 1 aromatic carbocycles. The van der Waals surface area contributed by atoms with Crippen LogP contribution in [0.1, 0.15) is 20.1 Å². The van der Waals surface area contributed by atoms with Gasteiger partial charge in [0, 0.05) is 59.5 Å². The smallest absolute Gasteiger partial charge is 0.323 e. The van der Waals surface area contributed by atoms with Crippen LogP contribution in [-0.2, 0) is 18.4 Å². The number of amides is 1. The van der Waals surface area contributed by atoms with E-state index in [2.05, 4.69) is 15.3 Å². The summed E-state index contributed by atoms with van der Waals surface area (Å²) in [7, 11) is -0.475. The number of nitrogens with one attached hydrogen (secondary N) is 1. The molecule has 0 aliphatic rings. The van der Waals surface area contributed by atoms with Crippen LogP contribution in [0.2, 0.25) is 0 Å². The van der Waals surface area contributed by atoms with Crippen molar-refractivity contribution in [2.45, 2.75) is 20.1 Å². The van der Waals surface area contributed by atoms with E-state index in [1.807, 2.05) is 43.3 Å². The lowest BCUT2D eigenvalue weighted by molar-refractivity contribution is -0.111. The van der Waals surface area contributed by atoms with E-state index in [0.717, 1.165) is 11.1 Å². The predicted octanol–water partition coefficient (Wildman–Crippen LogP) is 5.63. The summed E-state index contributed by atoms with van der Waals surface area (Å²) < 4.78 is 38.1. The summed E-state index contributed by atoms with van der Waals surface area (Å²) in [5.74, 6) is -0.889. The maximum absolute atomic E-state index is 14.0. The highest BCUT2D eigenvalue weighted by Gasteiger charge is 2.26. The van der Waals surface area contributed by atoms with Gasteiger partial charge >= 0.3 is 7.82 Å². The van der Waals surface area contributed by atoms with E-state index in [4.69, 9.17) is 9.05 Å². The van der Waals surface area contributed by atoms with Gasteiger partial charge in [-0.3, -0.25) is 13.8 Å². The van der Waals surface area contributed by atoms with Gasteiger partial charge in [0.25, 0.3) is 0 Å². The van der Waals surface area contributed by atoms with Crippen molar-refractivity contribution in [1.29, 1.82) is 0 Å². The minimum Gasteiger partial charge on any atom is -0.323 e. The molecule has 12 heteroatoms. The third-order valence-corrected chi connectivity index (χ3v) is 7.04. The van der Waals surface area contributed by atoms with Crippen LogP contribution in [0.3, 0.4) is 0 Å². The molecule has 3 aromatic heterocycles. The number of pyridine rings is 2. The topological polar surface area (TPSA) is 119 Å². The number of carbonyl (C=O) groups is 1. The molecule has 2 N–H and O–H groups in total. The molecule has 3 heterocycles. The van der Waals surface area contributed by atoms with Crippen LogP contribution in [0.4, 0.5) is 10.1 Å². The lowest BCUT2D eigenvalue weighted by Crippen LogP contribution is -2.12. The summed E-state index contributed by atoms with van der Waals surface area (Å²) in [6.45, 7) is 3.83. The van der Waals surface area contributed by atoms with Gasteiger partial charge < -0.3 is 19.7 Å². The monoisotopic (exact) mass is 567 g/mol. The summed E-state index contributed by atoms with van der Waals surface area (Å²) in [6.07, 6.45) is 7.04. The highest BCUT2D eigenvalue weighted by Crippen LogP contribution is 2.47. The molecule has 1 amide bonds. The fourth-order valence-electron chi connectivity index (χ4n) is 4.13. The quantitative estimate of drug-likeness (QED) is 0.136. The van der Waals surface area contributed by atoms with Crippen LogP contribution < -0.4 is 5.32 Å². The van der Waals surface area contributed by atoms with Gasteiger partial charge in [0.15, 0.2) is 0 Å². The standard InChI is InChI=1S/C28H31FN5O5P/c1-5-38-40(36,37)39-19(2)34-18-25(21-11-12-30-26(29)16-21)24-15-22(17-31-28(24)34)20-8-6-9-23(14-20)32-27(35)10-7-13-33(3)4/h6-12,14-19H,5,13H2,1-4H3,(H,32,35)(H,36,37)/b10-7+. The Bertz CT molecular complexity index is 1590. The Kier molecular flexibility index (Phi) is 9.24. The fraction of sp³-hybridized carbons (Fsp3) is 0.250. The number of carbonyl (C=O) groups excluding carboxylic acids is 1. The van der Waals surface area contributed by atoms with E-state index in [9.17, 15) is 18.6 Å². The van der Waals surface area contributed by atoms with E-state index in [-0.39, 0.29) is 12.5 Å². The number of aromatic nitrogens is 3. The zero-order chi connectivity index (χ0) is 28.9. The molecule has 0 bridgehead atoms. The molecule has 0 spiro atoms. The summed E-state index contributed by atoms with van der Waals surface area (Å²) >= 11 is 0. The number of halogens is 1. The molecule has 0 aliphatic carbocycles. The number of phosphoric ester groups is 1. The number of anilines is 1. The van der Waals surface area contributed by atoms with Gasteiger partial charge in [-0.25, -0.2) is 14.5 Å². The largest absolute Gasteiger partial charge is 0.474 e. The van der Waals surface area contributed by atoms with Crippen LogP contribution in [-0.4, -0.2) is 57.5 Å². The highest BCUT2D eigenvalue weighted by molar-refractivity contribution is 7.47. The Balaban J connectivity index is 1.73. The first kappa shape index (κ1) is 29.3. The molecular formula is C28H31FN5O5P. The summed E-state index contributed by atoms with van der Waals surface area (Å²) in [5.41, 5.74) is 3.78. The van der Waals surface area contributed by atoms with Crippen LogP contribution >= 0.6 is 7.82 Å². The minimum atomic E-state index is -4.31. The molecule has 10 nitrogen and oxygen atoms in total. The van der Waals surface area contributed by atoms with E-state index < -0.39 is 20.0 Å². The second kappa shape index (κ2) is 12.6. The first-order chi connectivity index (χ1) is 19.1. The zero-order valence-electron chi connectivity index (χ0n) is 22.6. The van der Waals surface area contributed by atoms with Gasteiger partial charge in [-0.1, -0.05) is 18.2 Å². The normalized spacial score (nSPS) is 14.1. The number of hydrogen-bond acceptors (Lipinski definition) is 7. The van der Waals surface area contributed by atoms with E-state index in [1.54, 1.807) is 49.0 Å². The molecule has 2 atom stereocenters. The highest BCUT2D eigenvalue weighted by atomic mass is 31.2. The average molecular weight is 568 g/mol. The number of phosphoric acid groups is 1. The molecule has 40 heavy (non-hydrogen) atoms. The van der Waals surface area contributed by atoms with E-state index >= 15 is 0 Å². The minimum absolute atomic E-state index is 0.00195. The summed E-state index contributed by atoms with van der Waals surface area (Å²) in [6, 6.07) is 12.2. The van der Waals surface area contributed by atoms with Crippen LogP contribution in [0.5, 0.6) is 0 Å².